The van der Waals surface area contributed by atoms with Crippen molar-refractivity contribution in [3.05, 3.63) is 11.6 Å². The van der Waals surface area contributed by atoms with Gasteiger partial charge in [0.2, 0.25) is 0 Å². The standard InChI is InChI=1S/C13H18O/c14-13-11-7-3-1-5-9(11)10-6-2-4-8-12(10)13/h7,9-10,12H,1-6,8H2/t9-,10-,12+/m0/s1. The van der Waals surface area contributed by atoms with Crippen LogP contribution in [0.1, 0.15) is 44.9 Å². The summed E-state index contributed by atoms with van der Waals surface area (Å²) in [5, 5.41) is 0. The Morgan fingerprint density at radius 1 is 1.00 bits per heavy atom. The average Bonchev–Trinajstić information content (AvgIpc) is 2.55. The van der Waals surface area contributed by atoms with Crippen LogP contribution in [0, 0.1) is 17.8 Å². The molecule has 0 radical (unpaired) electrons. The van der Waals surface area contributed by atoms with Crippen LogP contribution in [0.2, 0.25) is 0 Å². The lowest BCUT2D eigenvalue weighted by atomic mass is 9.75. The number of ketones is 1. The number of hydrogen-bond donors (Lipinski definition) is 0. The molecule has 0 bridgehead atoms. The zero-order valence-corrected chi connectivity index (χ0v) is 8.67. The molecule has 0 aromatic carbocycles. The molecule has 0 amide bonds. The van der Waals surface area contributed by atoms with Gasteiger partial charge in [-0.3, -0.25) is 4.79 Å². The molecule has 0 N–H and O–H groups in total. The van der Waals surface area contributed by atoms with Gasteiger partial charge in [-0.15, -0.1) is 0 Å². The number of fused-ring (bicyclic) bond motifs is 3. The predicted molar refractivity (Wildman–Crippen MR) is 55.9 cm³/mol. The lowest BCUT2D eigenvalue weighted by Gasteiger charge is -2.28. The van der Waals surface area contributed by atoms with Crippen LogP contribution in [0.25, 0.3) is 0 Å². The van der Waals surface area contributed by atoms with Crippen molar-refractivity contribution in [3.63, 3.8) is 0 Å². The van der Waals surface area contributed by atoms with Crippen LogP contribution in [0.5, 0.6) is 0 Å². The highest BCUT2D eigenvalue weighted by molar-refractivity contribution is 6.00. The molecule has 3 aliphatic carbocycles. The van der Waals surface area contributed by atoms with Gasteiger partial charge in [0.1, 0.15) is 0 Å². The minimum absolute atomic E-state index is 0.429. The molecule has 2 saturated carbocycles. The first-order chi connectivity index (χ1) is 6.88. The van der Waals surface area contributed by atoms with Crippen LogP contribution in [-0.2, 0) is 4.79 Å². The molecule has 3 aliphatic rings. The van der Waals surface area contributed by atoms with Gasteiger partial charge in [0.05, 0.1) is 0 Å². The van der Waals surface area contributed by atoms with Crippen molar-refractivity contribution in [2.45, 2.75) is 44.9 Å². The van der Waals surface area contributed by atoms with Crippen molar-refractivity contribution >= 4 is 5.78 Å². The molecule has 0 aromatic rings. The second-order valence-corrected chi connectivity index (χ2v) is 5.12. The average molecular weight is 190 g/mol. The Bertz CT molecular complexity index is 290. The van der Waals surface area contributed by atoms with E-state index in [0.29, 0.717) is 17.6 Å². The van der Waals surface area contributed by atoms with Gasteiger partial charge in [-0.1, -0.05) is 18.9 Å². The maximum Gasteiger partial charge on any atom is 0.162 e. The van der Waals surface area contributed by atoms with E-state index in [-0.39, 0.29) is 0 Å². The summed E-state index contributed by atoms with van der Waals surface area (Å²) < 4.78 is 0. The van der Waals surface area contributed by atoms with Gasteiger partial charge in [-0.25, -0.2) is 0 Å². The zero-order chi connectivity index (χ0) is 9.54. The Balaban J connectivity index is 1.95. The molecule has 0 saturated heterocycles. The van der Waals surface area contributed by atoms with Crippen molar-refractivity contribution < 1.29 is 4.79 Å². The monoisotopic (exact) mass is 190 g/mol. The number of carbonyl (C=O) groups excluding carboxylic acids is 1. The number of hydrogen-bond acceptors (Lipinski definition) is 1. The molecule has 76 valence electrons. The SMILES string of the molecule is O=C1C2=CCCC[C@H]2[C@@H]2CCCC[C@@H]12. The Morgan fingerprint density at radius 2 is 1.79 bits per heavy atom. The van der Waals surface area contributed by atoms with E-state index < -0.39 is 0 Å². The summed E-state index contributed by atoms with van der Waals surface area (Å²) in [5.41, 5.74) is 1.23. The second-order valence-electron chi connectivity index (χ2n) is 5.12. The molecule has 0 aliphatic heterocycles. The van der Waals surface area contributed by atoms with Crippen LogP contribution in [0.15, 0.2) is 11.6 Å². The number of rotatable bonds is 0. The van der Waals surface area contributed by atoms with Gasteiger partial charge in [-0.05, 0) is 49.5 Å². The molecule has 0 heterocycles. The van der Waals surface area contributed by atoms with E-state index in [9.17, 15) is 4.79 Å². The van der Waals surface area contributed by atoms with E-state index in [1.165, 1.54) is 44.1 Å². The molecule has 0 aromatic heterocycles. The highest BCUT2D eigenvalue weighted by atomic mass is 16.1. The van der Waals surface area contributed by atoms with Gasteiger partial charge in [0.25, 0.3) is 0 Å². The number of allylic oxidation sites excluding steroid dienone is 2. The zero-order valence-electron chi connectivity index (χ0n) is 8.67. The van der Waals surface area contributed by atoms with E-state index >= 15 is 0 Å². The fraction of sp³-hybridized carbons (Fsp3) is 0.769. The van der Waals surface area contributed by atoms with Gasteiger partial charge in [-0.2, -0.15) is 0 Å². The maximum atomic E-state index is 12.1. The molecular formula is C13H18O. The van der Waals surface area contributed by atoms with Crippen LogP contribution in [-0.4, -0.2) is 5.78 Å². The van der Waals surface area contributed by atoms with Crippen molar-refractivity contribution in [3.8, 4) is 0 Å². The van der Waals surface area contributed by atoms with E-state index in [0.717, 1.165) is 12.3 Å². The quantitative estimate of drug-likeness (QED) is 0.573. The predicted octanol–water partition coefficient (Wildman–Crippen LogP) is 3.10. The highest BCUT2D eigenvalue weighted by Gasteiger charge is 2.46. The first-order valence-corrected chi connectivity index (χ1v) is 6.12. The van der Waals surface area contributed by atoms with Gasteiger partial charge < -0.3 is 0 Å². The molecule has 3 atom stereocenters. The van der Waals surface area contributed by atoms with E-state index in [1.54, 1.807) is 0 Å². The lowest BCUT2D eigenvalue weighted by molar-refractivity contribution is -0.119. The number of carbonyl (C=O) groups is 1. The van der Waals surface area contributed by atoms with Crippen molar-refractivity contribution in [1.29, 1.82) is 0 Å². The summed E-state index contributed by atoms with van der Waals surface area (Å²) in [6, 6.07) is 0. The first kappa shape index (κ1) is 8.70. The van der Waals surface area contributed by atoms with Crippen LogP contribution in [0.3, 0.4) is 0 Å². The van der Waals surface area contributed by atoms with E-state index in [4.69, 9.17) is 0 Å². The first-order valence-electron chi connectivity index (χ1n) is 6.12. The van der Waals surface area contributed by atoms with E-state index in [1.807, 2.05) is 0 Å². The molecular weight excluding hydrogens is 172 g/mol. The summed E-state index contributed by atoms with van der Waals surface area (Å²) in [6.45, 7) is 0. The molecule has 1 heteroatoms. The van der Waals surface area contributed by atoms with Crippen LogP contribution in [0.4, 0.5) is 0 Å². The molecule has 1 nitrogen and oxygen atoms in total. The Labute approximate surface area is 85.6 Å². The minimum atomic E-state index is 0.429. The molecule has 3 rings (SSSR count). The normalized spacial score (nSPS) is 41.6. The molecule has 0 unspecified atom stereocenters. The van der Waals surface area contributed by atoms with Crippen molar-refractivity contribution in [2.75, 3.05) is 0 Å². The lowest BCUT2D eigenvalue weighted by Crippen LogP contribution is -2.21. The Morgan fingerprint density at radius 3 is 2.71 bits per heavy atom. The minimum Gasteiger partial charge on any atom is -0.294 e. The van der Waals surface area contributed by atoms with Gasteiger partial charge >= 0.3 is 0 Å². The largest absolute Gasteiger partial charge is 0.294 e. The number of Topliss-reactive ketones (excluding diaryl/α,β-unsaturated/α-hetero) is 1. The molecule has 2 fully saturated rings. The fourth-order valence-corrected chi connectivity index (χ4v) is 3.81. The van der Waals surface area contributed by atoms with Crippen LogP contribution >= 0.6 is 0 Å². The van der Waals surface area contributed by atoms with Crippen molar-refractivity contribution in [2.24, 2.45) is 17.8 Å². The summed E-state index contributed by atoms with van der Waals surface area (Å²) in [4.78, 5) is 12.1. The Kier molecular flexibility index (Phi) is 2.00. The molecule has 0 spiro atoms. The summed E-state index contributed by atoms with van der Waals surface area (Å²) >= 11 is 0. The van der Waals surface area contributed by atoms with E-state index in [2.05, 4.69) is 6.08 Å². The third kappa shape index (κ3) is 1.11. The highest BCUT2D eigenvalue weighted by Crippen LogP contribution is 2.49. The van der Waals surface area contributed by atoms with Crippen LogP contribution < -0.4 is 0 Å². The fourth-order valence-electron chi connectivity index (χ4n) is 3.81. The smallest absolute Gasteiger partial charge is 0.162 e. The summed E-state index contributed by atoms with van der Waals surface area (Å²) in [7, 11) is 0. The maximum absolute atomic E-state index is 12.1. The molecule has 14 heavy (non-hydrogen) atoms. The van der Waals surface area contributed by atoms with Gasteiger partial charge in [0.15, 0.2) is 5.78 Å². The summed E-state index contributed by atoms with van der Waals surface area (Å²) in [6.07, 6.45) is 11.1. The Hall–Kier alpha value is -0.590. The van der Waals surface area contributed by atoms with Crippen molar-refractivity contribution in [1.82, 2.24) is 0 Å². The second kappa shape index (κ2) is 3.22. The third-order valence-electron chi connectivity index (χ3n) is 4.44. The third-order valence-corrected chi connectivity index (χ3v) is 4.44. The van der Waals surface area contributed by atoms with Gasteiger partial charge in [0, 0.05) is 5.92 Å². The summed E-state index contributed by atoms with van der Waals surface area (Å²) in [5.74, 6) is 2.36. The topological polar surface area (TPSA) is 17.1 Å².